The summed E-state index contributed by atoms with van der Waals surface area (Å²) in [5, 5.41) is 9.20. The van der Waals surface area contributed by atoms with E-state index in [1.165, 1.54) is 5.56 Å². The Morgan fingerprint density at radius 2 is 1.89 bits per heavy atom. The van der Waals surface area contributed by atoms with Crippen molar-refractivity contribution in [1.82, 2.24) is 4.98 Å². The molecule has 1 aromatic heterocycles. The van der Waals surface area contributed by atoms with Crippen molar-refractivity contribution >= 4 is 5.82 Å². The zero-order chi connectivity index (χ0) is 12.8. The van der Waals surface area contributed by atoms with Crippen LogP contribution in [0.25, 0.3) is 0 Å². The number of aliphatic hydroxyl groups excluding tert-OH is 1. The van der Waals surface area contributed by atoms with Gasteiger partial charge in [0.15, 0.2) is 0 Å². The van der Waals surface area contributed by atoms with E-state index in [4.69, 9.17) is 0 Å². The maximum Gasteiger partial charge on any atom is 0.131 e. The van der Waals surface area contributed by atoms with Gasteiger partial charge in [-0.05, 0) is 24.1 Å². The number of anilines is 1. The minimum Gasteiger partial charge on any atom is -0.395 e. The summed E-state index contributed by atoms with van der Waals surface area (Å²) in [6.07, 6.45) is 1.79. The standard InChI is InChI=1S/C15H18N2O/c1-13-6-5-9-16-15(13)17(10-11-18)12-14-7-3-2-4-8-14/h2-9,18H,10-12H2,1H3. The molecule has 0 aliphatic rings. The number of nitrogens with zero attached hydrogens (tertiary/aromatic N) is 2. The average molecular weight is 242 g/mol. The highest BCUT2D eigenvalue weighted by molar-refractivity contribution is 5.46. The maximum atomic E-state index is 9.20. The first-order valence-electron chi connectivity index (χ1n) is 6.12. The van der Waals surface area contributed by atoms with E-state index in [-0.39, 0.29) is 6.61 Å². The molecule has 94 valence electrons. The van der Waals surface area contributed by atoms with Crippen LogP contribution < -0.4 is 4.90 Å². The molecule has 3 nitrogen and oxygen atoms in total. The van der Waals surface area contributed by atoms with E-state index in [1.807, 2.05) is 37.3 Å². The largest absolute Gasteiger partial charge is 0.395 e. The van der Waals surface area contributed by atoms with Crippen molar-refractivity contribution in [3.63, 3.8) is 0 Å². The van der Waals surface area contributed by atoms with Gasteiger partial charge in [-0.2, -0.15) is 0 Å². The smallest absolute Gasteiger partial charge is 0.131 e. The van der Waals surface area contributed by atoms with Gasteiger partial charge >= 0.3 is 0 Å². The molecule has 18 heavy (non-hydrogen) atoms. The predicted molar refractivity (Wildman–Crippen MR) is 73.6 cm³/mol. The number of aromatic nitrogens is 1. The van der Waals surface area contributed by atoms with Crippen LogP contribution in [0.3, 0.4) is 0 Å². The predicted octanol–water partition coefficient (Wildman–Crippen LogP) is 2.39. The number of benzene rings is 1. The van der Waals surface area contributed by atoms with Crippen molar-refractivity contribution in [2.24, 2.45) is 0 Å². The van der Waals surface area contributed by atoms with E-state index in [0.29, 0.717) is 6.54 Å². The Labute approximate surface area is 108 Å². The average Bonchev–Trinajstić information content (AvgIpc) is 2.40. The summed E-state index contributed by atoms with van der Waals surface area (Å²) in [6, 6.07) is 14.2. The van der Waals surface area contributed by atoms with Crippen LogP contribution in [0, 0.1) is 6.92 Å². The molecule has 0 spiro atoms. The second-order valence-electron chi connectivity index (χ2n) is 4.27. The van der Waals surface area contributed by atoms with Crippen molar-refractivity contribution in [1.29, 1.82) is 0 Å². The SMILES string of the molecule is Cc1cccnc1N(CCO)Cc1ccccc1. The van der Waals surface area contributed by atoms with Crippen LogP contribution >= 0.6 is 0 Å². The van der Waals surface area contributed by atoms with Gasteiger partial charge in [0.1, 0.15) is 5.82 Å². The third-order valence-corrected chi connectivity index (χ3v) is 2.87. The molecule has 0 atom stereocenters. The summed E-state index contributed by atoms with van der Waals surface area (Å²) < 4.78 is 0. The van der Waals surface area contributed by atoms with Gasteiger partial charge in [-0.3, -0.25) is 0 Å². The quantitative estimate of drug-likeness (QED) is 0.874. The first-order chi connectivity index (χ1) is 8.81. The third-order valence-electron chi connectivity index (χ3n) is 2.87. The van der Waals surface area contributed by atoms with E-state index in [2.05, 4.69) is 22.0 Å². The first-order valence-corrected chi connectivity index (χ1v) is 6.12. The molecule has 3 heteroatoms. The highest BCUT2D eigenvalue weighted by atomic mass is 16.3. The van der Waals surface area contributed by atoms with E-state index < -0.39 is 0 Å². The minimum atomic E-state index is 0.128. The molecular formula is C15H18N2O. The van der Waals surface area contributed by atoms with Gasteiger partial charge in [0, 0.05) is 19.3 Å². The number of pyridine rings is 1. The summed E-state index contributed by atoms with van der Waals surface area (Å²) in [4.78, 5) is 6.51. The molecule has 0 aliphatic carbocycles. The molecule has 0 unspecified atom stereocenters. The molecule has 0 amide bonds. The second-order valence-corrected chi connectivity index (χ2v) is 4.27. The van der Waals surface area contributed by atoms with E-state index in [0.717, 1.165) is 17.9 Å². The fourth-order valence-corrected chi connectivity index (χ4v) is 1.99. The normalized spacial score (nSPS) is 10.3. The number of hydrogen-bond donors (Lipinski definition) is 1. The van der Waals surface area contributed by atoms with Crippen LogP contribution in [-0.4, -0.2) is 23.2 Å². The van der Waals surface area contributed by atoms with Crippen LogP contribution in [0.2, 0.25) is 0 Å². The Bertz CT molecular complexity index is 485. The lowest BCUT2D eigenvalue weighted by atomic mass is 10.2. The van der Waals surface area contributed by atoms with Crippen LogP contribution in [0.15, 0.2) is 48.7 Å². The lowest BCUT2D eigenvalue weighted by molar-refractivity contribution is 0.301. The summed E-state index contributed by atoms with van der Waals surface area (Å²) in [5.41, 5.74) is 2.35. The molecular weight excluding hydrogens is 224 g/mol. The number of rotatable bonds is 5. The topological polar surface area (TPSA) is 36.4 Å². The maximum absolute atomic E-state index is 9.20. The highest BCUT2D eigenvalue weighted by Crippen LogP contribution is 2.18. The van der Waals surface area contributed by atoms with Gasteiger partial charge in [0.25, 0.3) is 0 Å². The first kappa shape index (κ1) is 12.6. The van der Waals surface area contributed by atoms with Crippen molar-refractivity contribution in [2.75, 3.05) is 18.1 Å². The number of aliphatic hydroxyl groups is 1. The zero-order valence-corrected chi connectivity index (χ0v) is 10.6. The number of hydrogen-bond acceptors (Lipinski definition) is 3. The molecule has 0 saturated heterocycles. The Hall–Kier alpha value is -1.87. The molecule has 0 bridgehead atoms. The van der Waals surface area contributed by atoms with Crippen molar-refractivity contribution < 1.29 is 5.11 Å². The summed E-state index contributed by atoms with van der Waals surface area (Å²) >= 11 is 0. The molecule has 0 radical (unpaired) electrons. The lowest BCUT2D eigenvalue weighted by Gasteiger charge is -2.24. The summed E-state index contributed by atoms with van der Waals surface area (Å²) in [7, 11) is 0. The van der Waals surface area contributed by atoms with Gasteiger partial charge in [-0.25, -0.2) is 4.98 Å². The molecule has 0 aliphatic heterocycles. The van der Waals surface area contributed by atoms with E-state index >= 15 is 0 Å². The van der Waals surface area contributed by atoms with E-state index in [1.54, 1.807) is 6.20 Å². The fraction of sp³-hybridized carbons (Fsp3) is 0.267. The van der Waals surface area contributed by atoms with Crippen LogP contribution in [0.4, 0.5) is 5.82 Å². The van der Waals surface area contributed by atoms with Gasteiger partial charge in [-0.1, -0.05) is 36.4 Å². The second kappa shape index (κ2) is 6.17. The van der Waals surface area contributed by atoms with E-state index in [9.17, 15) is 5.11 Å². The third kappa shape index (κ3) is 3.08. The van der Waals surface area contributed by atoms with Crippen molar-refractivity contribution in [2.45, 2.75) is 13.5 Å². The molecule has 2 aromatic rings. The summed E-state index contributed by atoms with van der Waals surface area (Å²) in [6.45, 7) is 3.52. The van der Waals surface area contributed by atoms with Crippen molar-refractivity contribution in [3.05, 3.63) is 59.8 Å². The Morgan fingerprint density at radius 1 is 1.11 bits per heavy atom. The van der Waals surface area contributed by atoms with Crippen LogP contribution in [0.1, 0.15) is 11.1 Å². The molecule has 1 N–H and O–H groups in total. The Morgan fingerprint density at radius 3 is 2.56 bits per heavy atom. The van der Waals surface area contributed by atoms with Crippen molar-refractivity contribution in [3.8, 4) is 0 Å². The minimum absolute atomic E-state index is 0.128. The zero-order valence-electron chi connectivity index (χ0n) is 10.6. The van der Waals surface area contributed by atoms with Gasteiger partial charge < -0.3 is 10.0 Å². The van der Waals surface area contributed by atoms with Gasteiger partial charge in [-0.15, -0.1) is 0 Å². The molecule has 2 rings (SSSR count). The molecule has 0 saturated carbocycles. The van der Waals surface area contributed by atoms with Gasteiger partial charge in [0.05, 0.1) is 6.61 Å². The Kier molecular flexibility index (Phi) is 4.31. The molecule has 0 fully saturated rings. The van der Waals surface area contributed by atoms with Crippen LogP contribution in [0.5, 0.6) is 0 Å². The monoisotopic (exact) mass is 242 g/mol. The molecule has 1 aromatic carbocycles. The van der Waals surface area contributed by atoms with Crippen LogP contribution in [-0.2, 0) is 6.54 Å². The summed E-state index contributed by atoms with van der Waals surface area (Å²) in [5.74, 6) is 0.940. The highest BCUT2D eigenvalue weighted by Gasteiger charge is 2.10. The Balaban J connectivity index is 2.21. The fourth-order valence-electron chi connectivity index (χ4n) is 1.99. The van der Waals surface area contributed by atoms with Gasteiger partial charge in [0.2, 0.25) is 0 Å². The lowest BCUT2D eigenvalue weighted by Crippen LogP contribution is -2.27. The molecule has 1 heterocycles. The number of aryl methyl sites for hydroxylation is 1.